The summed E-state index contributed by atoms with van der Waals surface area (Å²) < 4.78 is 0. The van der Waals surface area contributed by atoms with Gasteiger partial charge < -0.3 is 5.73 Å². The fraction of sp³-hybridized carbons (Fsp3) is 0.250. The highest BCUT2D eigenvalue weighted by molar-refractivity contribution is 5.81. The van der Waals surface area contributed by atoms with Crippen LogP contribution in [0.2, 0.25) is 0 Å². The van der Waals surface area contributed by atoms with Crippen LogP contribution in [0.5, 0.6) is 0 Å². The Balaban J connectivity index is 0.000000461. The highest BCUT2D eigenvalue weighted by Gasteiger charge is 1.92. The molecule has 11 heavy (non-hydrogen) atoms. The maximum Gasteiger partial charge on any atom is 0.153 e. The summed E-state index contributed by atoms with van der Waals surface area (Å²) in [5, 5.41) is 0. The fourth-order valence-corrected chi connectivity index (χ4v) is 0.530. The van der Waals surface area contributed by atoms with Crippen molar-refractivity contribution in [3.63, 3.8) is 0 Å². The molecule has 2 N–H and O–H groups in total. The maximum absolute atomic E-state index is 10.1. The second kappa shape index (κ2) is 5.41. The van der Waals surface area contributed by atoms with Crippen LogP contribution in [-0.2, 0) is 0 Å². The molecule has 3 nitrogen and oxygen atoms in total. The molecule has 0 unspecified atom stereocenters. The van der Waals surface area contributed by atoms with Gasteiger partial charge in [-0.2, -0.15) is 0 Å². The topological polar surface area (TPSA) is 56.0 Å². The first-order chi connectivity index (χ1) is 5.34. The summed E-state index contributed by atoms with van der Waals surface area (Å²) in [5.41, 5.74) is 5.73. The van der Waals surface area contributed by atoms with Crippen molar-refractivity contribution in [3.8, 4) is 0 Å². The molecule has 0 saturated heterocycles. The minimum Gasteiger partial charge on any atom is -0.383 e. The molecule has 60 valence electrons. The summed E-state index contributed by atoms with van der Waals surface area (Å²) in [6, 6.07) is 3.29. The van der Waals surface area contributed by atoms with E-state index >= 15 is 0 Å². The zero-order valence-electron chi connectivity index (χ0n) is 6.74. The van der Waals surface area contributed by atoms with Gasteiger partial charge in [-0.3, -0.25) is 4.79 Å². The van der Waals surface area contributed by atoms with E-state index in [4.69, 9.17) is 5.73 Å². The number of nitrogens with two attached hydrogens (primary N) is 1. The number of nitrogen functional groups attached to an aromatic ring is 1. The lowest BCUT2D eigenvalue weighted by Gasteiger charge is -1.91. The molecule has 0 aliphatic heterocycles. The standard InChI is InChI=1S/C6H6N2O.C2H6/c7-6-5(4-9)2-1-3-8-6;1-2/h1-4H,(H2,7,8);1-2H3. The van der Waals surface area contributed by atoms with E-state index in [1.807, 2.05) is 13.8 Å². The van der Waals surface area contributed by atoms with Gasteiger partial charge in [-0.25, -0.2) is 4.98 Å². The molecule has 0 radical (unpaired) electrons. The van der Waals surface area contributed by atoms with Gasteiger partial charge in [-0.05, 0) is 12.1 Å². The second-order valence-electron chi connectivity index (χ2n) is 1.60. The molecule has 0 bridgehead atoms. The smallest absolute Gasteiger partial charge is 0.153 e. The molecule has 3 heteroatoms. The predicted molar refractivity (Wildman–Crippen MR) is 45.4 cm³/mol. The molecule has 1 rings (SSSR count). The second-order valence-corrected chi connectivity index (χ2v) is 1.60. The number of carbonyl (C=O) groups is 1. The van der Waals surface area contributed by atoms with Gasteiger partial charge in [0.25, 0.3) is 0 Å². The molecule has 0 spiro atoms. The van der Waals surface area contributed by atoms with Crippen molar-refractivity contribution in [1.29, 1.82) is 0 Å². The zero-order chi connectivity index (χ0) is 8.69. The summed E-state index contributed by atoms with van der Waals surface area (Å²) in [4.78, 5) is 13.8. The van der Waals surface area contributed by atoms with E-state index in [9.17, 15) is 4.79 Å². The number of pyridine rings is 1. The maximum atomic E-state index is 10.1. The Hall–Kier alpha value is -1.38. The number of carbonyl (C=O) groups excluding carboxylic acids is 1. The van der Waals surface area contributed by atoms with Crippen LogP contribution in [0.4, 0.5) is 5.82 Å². The van der Waals surface area contributed by atoms with Crippen molar-refractivity contribution in [2.45, 2.75) is 13.8 Å². The van der Waals surface area contributed by atoms with E-state index in [0.717, 1.165) is 0 Å². The fourth-order valence-electron chi connectivity index (χ4n) is 0.530. The molecule has 0 atom stereocenters. The number of hydrogen-bond acceptors (Lipinski definition) is 3. The molecular weight excluding hydrogens is 140 g/mol. The lowest BCUT2D eigenvalue weighted by molar-refractivity contribution is 0.112. The lowest BCUT2D eigenvalue weighted by atomic mass is 10.3. The third-order valence-corrected chi connectivity index (χ3v) is 0.998. The first-order valence-corrected chi connectivity index (χ1v) is 3.50. The van der Waals surface area contributed by atoms with Crippen LogP contribution >= 0.6 is 0 Å². The van der Waals surface area contributed by atoms with E-state index < -0.39 is 0 Å². The summed E-state index contributed by atoms with van der Waals surface area (Å²) in [5.74, 6) is 0.285. The van der Waals surface area contributed by atoms with Crippen molar-refractivity contribution in [2.24, 2.45) is 0 Å². The number of rotatable bonds is 1. The van der Waals surface area contributed by atoms with Gasteiger partial charge in [-0.15, -0.1) is 0 Å². The van der Waals surface area contributed by atoms with Crippen molar-refractivity contribution < 1.29 is 4.79 Å². The first-order valence-electron chi connectivity index (χ1n) is 3.50. The zero-order valence-corrected chi connectivity index (χ0v) is 6.74. The number of anilines is 1. The van der Waals surface area contributed by atoms with E-state index in [1.165, 1.54) is 0 Å². The predicted octanol–water partition coefficient (Wildman–Crippen LogP) is 1.50. The highest BCUT2D eigenvalue weighted by atomic mass is 16.1. The molecular formula is C8H12N2O. The Morgan fingerprint density at radius 3 is 2.55 bits per heavy atom. The summed E-state index contributed by atoms with van der Waals surface area (Å²) in [6.07, 6.45) is 2.23. The van der Waals surface area contributed by atoms with E-state index in [1.54, 1.807) is 18.3 Å². The molecule has 0 aromatic carbocycles. The third kappa shape index (κ3) is 2.80. The normalized spacial score (nSPS) is 7.82. The third-order valence-electron chi connectivity index (χ3n) is 0.998. The van der Waals surface area contributed by atoms with Gasteiger partial charge in [0.2, 0.25) is 0 Å². The number of nitrogens with zero attached hydrogens (tertiary/aromatic N) is 1. The minimum atomic E-state index is 0.285. The summed E-state index contributed by atoms with van der Waals surface area (Å²) in [7, 11) is 0. The Kier molecular flexibility index (Phi) is 4.73. The molecule has 0 amide bonds. The molecule has 0 fully saturated rings. The average molecular weight is 152 g/mol. The van der Waals surface area contributed by atoms with E-state index in [2.05, 4.69) is 4.98 Å². The van der Waals surface area contributed by atoms with Crippen LogP contribution in [0, 0.1) is 0 Å². The Bertz CT molecular complexity index is 223. The van der Waals surface area contributed by atoms with Gasteiger partial charge in [0.15, 0.2) is 6.29 Å². The van der Waals surface area contributed by atoms with Crippen molar-refractivity contribution >= 4 is 12.1 Å². The van der Waals surface area contributed by atoms with Crippen LogP contribution in [0.15, 0.2) is 18.3 Å². The van der Waals surface area contributed by atoms with Gasteiger partial charge in [0.05, 0.1) is 5.56 Å². The van der Waals surface area contributed by atoms with Crippen molar-refractivity contribution in [1.82, 2.24) is 4.98 Å². The first kappa shape index (κ1) is 9.62. The van der Waals surface area contributed by atoms with E-state index in [0.29, 0.717) is 11.8 Å². The SMILES string of the molecule is CC.Nc1ncccc1C=O. The Morgan fingerprint density at radius 1 is 1.55 bits per heavy atom. The lowest BCUT2D eigenvalue weighted by Crippen LogP contribution is -1.94. The summed E-state index contributed by atoms with van der Waals surface area (Å²) in [6.45, 7) is 4.00. The molecule has 1 aromatic heterocycles. The monoisotopic (exact) mass is 152 g/mol. The Labute approximate surface area is 66.3 Å². The van der Waals surface area contributed by atoms with Crippen LogP contribution in [0.25, 0.3) is 0 Å². The van der Waals surface area contributed by atoms with Crippen LogP contribution in [-0.4, -0.2) is 11.3 Å². The number of hydrogen-bond donors (Lipinski definition) is 1. The summed E-state index contributed by atoms with van der Waals surface area (Å²) >= 11 is 0. The van der Waals surface area contributed by atoms with Crippen LogP contribution in [0.1, 0.15) is 24.2 Å². The van der Waals surface area contributed by atoms with Gasteiger partial charge in [-0.1, -0.05) is 13.8 Å². The van der Waals surface area contributed by atoms with Crippen LogP contribution < -0.4 is 5.73 Å². The van der Waals surface area contributed by atoms with Crippen molar-refractivity contribution in [3.05, 3.63) is 23.9 Å². The van der Waals surface area contributed by atoms with Gasteiger partial charge in [0.1, 0.15) is 5.82 Å². The van der Waals surface area contributed by atoms with Crippen molar-refractivity contribution in [2.75, 3.05) is 5.73 Å². The molecule has 0 aliphatic rings. The van der Waals surface area contributed by atoms with Gasteiger partial charge in [0, 0.05) is 6.20 Å². The molecule has 1 heterocycles. The molecule has 0 saturated carbocycles. The molecule has 1 aromatic rings. The molecule has 0 aliphatic carbocycles. The highest BCUT2D eigenvalue weighted by Crippen LogP contribution is 2.01. The minimum absolute atomic E-state index is 0.285. The quantitative estimate of drug-likeness (QED) is 0.620. The largest absolute Gasteiger partial charge is 0.383 e. The number of aldehydes is 1. The van der Waals surface area contributed by atoms with E-state index in [-0.39, 0.29) is 5.82 Å². The van der Waals surface area contributed by atoms with Crippen LogP contribution in [0.3, 0.4) is 0 Å². The average Bonchev–Trinajstić information content (AvgIpc) is 2.09. The van der Waals surface area contributed by atoms with Gasteiger partial charge >= 0.3 is 0 Å². The number of aromatic nitrogens is 1. The Morgan fingerprint density at radius 2 is 2.18 bits per heavy atom.